The Labute approximate surface area is 230 Å². The van der Waals surface area contributed by atoms with Crippen LogP contribution >= 0.6 is 31.9 Å². The molecular formula is C34H30Br2. The Morgan fingerprint density at radius 1 is 0.417 bits per heavy atom. The van der Waals surface area contributed by atoms with Gasteiger partial charge in [0.05, 0.1) is 0 Å². The van der Waals surface area contributed by atoms with Gasteiger partial charge in [0.25, 0.3) is 0 Å². The Morgan fingerprint density at radius 2 is 0.722 bits per heavy atom. The number of rotatable bonds is 0. The van der Waals surface area contributed by atoms with Gasteiger partial charge >= 0.3 is 0 Å². The van der Waals surface area contributed by atoms with Gasteiger partial charge in [0, 0.05) is 30.6 Å². The lowest BCUT2D eigenvalue weighted by Crippen LogP contribution is -2.28. The summed E-state index contributed by atoms with van der Waals surface area (Å²) in [6.07, 6.45) is 0. The first kappa shape index (κ1) is 22.1. The summed E-state index contributed by atoms with van der Waals surface area (Å²) >= 11 is 7.82. The Morgan fingerprint density at radius 3 is 1.06 bits per heavy atom. The predicted octanol–water partition coefficient (Wildman–Crippen LogP) is 10.3. The van der Waals surface area contributed by atoms with Crippen molar-refractivity contribution in [2.45, 2.75) is 77.0 Å². The molecule has 0 aliphatic heterocycles. The molecule has 4 aliphatic carbocycles. The van der Waals surface area contributed by atoms with Crippen molar-refractivity contribution < 1.29 is 0 Å². The molecule has 2 heteroatoms. The lowest BCUT2D eigenvalue weighted by molar-refractivity contribution is 0.600. The topological polar surface area (TPSA) is 0 Å². The zero-order chi connectivity index (χ0) is 25.5. The summed E-state index contributed by atoms with van der Waals surface area (Å²) in [6.45, 7) is 19.6. The molecule has 0 radical (unpaired) electrons. The second-order valence-electron chi connectivity index (χ2n) is 13.7. The molecule has 0 bridgehead atoms. The van der Waals surface area contributed by atoms with Crippen LogP contribution in [0.1, 0.15) is 99.9 Å². The van der Waals surface area contributed by atoms with Crippen molar-refractivity contribution >= 4 is 42.6 Å². The molecule has 8 rings (SSSR count). The Bertz CT molecular complexity index is 1660. The zero-order valence-corrected chi connectivity index (χ0v) is 25.4. The molecule has 0 amide bonds. The summed E-state index contributed by atoms with van der Waals surface area (Å²) < 4.78 is 2.38. The minimum absolute atomic E-state index is 0.0631. The summed E-state index contributed by atoms with van der Waals surface area (Å²) in [5.41, 5.74) is 17.8. The van der Waals surface area contributed by atoms with E-state index in [4.69, 9.17) is 0 Å². The van der Waals surface area contributed by atoms with E-state index >= 15 is 0 Å². The van der Waals surface area contributed by atoms with Crippen molar-refractivity contribution in [3.8, 4) is 22.3 Å². The van der Waals surface area contributed by atoms with Crippen molar-refractivity contribution in [2.75, 3.05) is 0 Å². The highest BCUT2D eigenvalue weighted by molar-refractivity contribution is 9.10. The molecule has 4 aromatic rings. The maximum atomic E-state index is 3.91. The van der Waals surface area contributed by atoms with Crippen molar-refractivity contribution in [1.29, 1.82) is 0 Å². The van der Waals surface area contributed by atoms with Gasteiger partial charge in [-0.15, -0.1) is 0 Å². The molecule has 4 aliphatic rings. The molecule has 0 saturated carbocycles. The average Bonchev–Trinajstić information content (AvgIpc) is 3.15. The molecule has 36 heavy (non-hydrogen) atoms. The summed E-state index contributed by atoms with van der Waals surface area (Å²) in [6, 6.07) is 14.5. The van der Waals surface area contributed by atoms with Crippen LogP contribution in [-0.2, 0) is 21.7 Å². The van der Waals surface area contributed by atoms with E-state index in [0.29, 0.717) is 0 Å². The molecule has 0 heterocycles. The second-order valence-corrected chi connectivity index (χ2v) is 15.5. The highest BCUT2D eigenvalue weighted by Crippen LogP contribution is 2.69. The van der Waals surface area contributed by atoms with E-state index in [-0.39, 0.29) is 21.7 Å². The van der Waals surface area contributed by atoms with Gasteiger partial charge in [-0.2, -0.15) is 0 Å². The maximum absolute atomic E-state index is 3.91. The van der Waals surface area contributed by atoms with Crippen LogP contribution in [0.2, 0.25) is 0 Å². The van der Waals surface area contributed by atoms with E-state index in [0.717, 1.165) is 0 Å². The minimum Gasteiger partial charge on any atom is -0.0572 e. The molecule has 0 fully saturated rings. The fourth-order valence-electron chi connectivity index (χ4n) is 8.70. The Hall–Kier alpha value is -1.90. The Balaban J connectivity index is 1.75. The van der Waals surface area contributed by atoms with Crippen LogP contribution in [0.15, 0.2) is 45.3 Å². The number of hydrogen-bond donors (Lipinski definition) is 0. The van der Waals surface area contributed by atoms with Crippen LogP contribution in [0.5, 0.6) is 0 Å². The molecule has 0 aromatic heterocycles. The summed E-state index contributed by atoms with van der Waals surface area (Å²) in [5, 5.41) is 3.05. The molecule has 0 unspecified atom stereocenters. The molecule has 0 nitrogen and oxygen atoms in total. The van der Waals surface area contributed by atoms with E-state index in [9.17, 15) is 0 Å². The van der Waals surface area contributed by atoms with Crippen LogP contribution in [0.4, 0.5) is 0 Å². The monoisotopic (exact) mass is 596 g/mol. The number of fused-ring (bicyclic) bond motifs is 1. The SMILES string of the molecule is CC1(C)c2cc(Br)cc3c2-c2c1c1c4c5c(ccc(c25)C3(C)C)C(C)(C)c2cc(Br)cc(c2-4)C1(C)C. The van der Waals surface area contributed by atoms with E-state index in [1.807, 2.05) is 0 Å². The zero-order valence-electron chi connectivity index (χ0n) is 22.2. The molecule has 0 atom stereocenters. The first-order valence-electron chi connectivity index (χ1n) is 13.1. The van der Waals surface area contributed by atoms with Crippen LogP contribution in [0.3, 0.4) is 0 Å². The summed E-state index contributed by atoms with van der Waals surface area (Å²) in [7, 11) is 0. The third kappa shape index (κ3) is 2.05. The maximum Gasteiger partial charge on any atom is 0.0181 e. The Kier molecular flexibility index (Phi) is 3.62. The quantitative estimate of drug-likeness (QED) is 0.189. The van der Waals surface area contributed by atoms with Crippen molar-refractivity contribution in [3.63, 3.8) is 0 Å². The van der Waals surface area contributed by atoms with E-state index in [1.165, 1.54) is 75.4 Å². The van der Waals surface area contributed by atoms with Gasteiger partial charge in [0.15, 0.2) is 0 Å². The van der Waals surface area contributed by atoms with Gasteiger partial charge in [-0.3, -0.25) is 0 Å². The number of halogens is 2. The van der Waals surface area contributed by atoms with Crippen LogP contribution in [-0.4, -0.2) is 0 Å². The van der Waals surface area contributed by atoms with Gasteiger partial charge in [-0.05, 0) is 102 Å². The lowest BCUT2D eigenvalue weighted by Gasteiger charge is -2.40. The lowest BCUT2D eigenvalue weighted by atomic mass is 9.62. The fourth-order valence-corrected chi connectivity index (χ4v) is 9.61. The first-order chi connectivity index (χ1) is 16.7. The summed E-state index contributed by atoms with van der Waals surface area (Å²) in [5.74, 6) is 0. The van der Waals surface area contributed by atoms with Crippen molar-refractivity contribution in [2.24, 2.45) is 0 Å². The van der Waals surface area contributed by atoms with Crippen LogP contribution in [0, 0.1) is 0 Å². The number of benzene rings is 4. The predicted molar refractivity (Wildman–Crippen MR) is 159 cm³/mol. The van der Waals surface area contributed by atoms with Crippen LogP contribution in [0.25, 0.3) is 33.0 Å². The molecule has 0 spiro atoms. The van der Waals surface area contributed by atoms with Gasteiger partial charge < -0.3 is 0 Å². The average molecular weight is 598 g/mol. The number of hydrogen-bond acceptors (Lipinski definition) is 0. The van der Waals surface area contributed by atoms with Crippen molar-refractivity contribution in [1.82, 2.24) is 0 Å². The molecule has 4 aromatic carbocycles. The normalized spacial score (nSPS) is 20.8. The minimum atomic E-state index is -0.0689. The largest absolute Gasteiger partial charge is 0.0572 e. The van der Waals surface area contributed by atoms with Gasteiger partial charge in [-0.25, -0.2) is 0 Å². The summed E-state index contributed by atoms with van der Waals surface area (Å²) in [4.78, 5) is 0. The molecule has 0 saturated heterocycles. The van der Waals surface area contributed by atoms with E-state index in [2.05, 4.69) is 124 Å². The molecule has 180 valence electrons. The molecule has 0 N–H and O–H groups in total. The van der Waals surface area contributed by atoms with Gasteiger partial charge in [-0.1, -0.05) is 99.4 Å². The highest BCUT2D eigenvalue weighted by Gasteiger charge is 2.54. The standard InChI is InChI=1S/C34H30Br2/c1-31(2)17-9-10-18-26-25(17)27-23-19(31)11-15(35)13-21(23)33(5,6)29(27)30-28(26)24-20(32(18,3)4)12-16(36)14-22(24)34(30,7)8/h9-14H,1-8H3. The molecular weight excluding hydrogens is 568 g/mol. The van der Waals surface area contributed by atoms with Gasteiger partial charge in [0.2, 0.25) is 0 Å². The van der Waals surface area contributed by atoms with Crippen molar-refractivity contribution in [3.05, 3.63) is 89.9 Å². The smallest absolute Gasteiger partial charge is 0.0181 e. The second kappa shape index (κ2) is 5.89. The van der Waals surface area contributed by atoms with Gasteiger partial charge in [0.1, 0.15) is 0 Å². The third-order valence-electron chi connectivity index (χ3n) is 10.5. The van der Waals surface area contributed by atoms with E-state index in [1.54, 1.807) is 11.1 Å². The van der Waals surface area contributed by atoms with E-state index < -0.39 is 0 Å². The fraction of sp³-hybridized carbons (Fsp3) is 0.353. The third-order valence-corrected chi connectivity index (χ3v) is 11.4. The highest BCUT2D eigenvalue weighted by atomic mass is 79.9. The first-order valence-corrected chi connectivity index (χ1v) is 14.7. The van der Waals surface area contributed by atoms with Crippen LogP contribution < -0.4 is 0 Å².